The first-order valence-corrected chi connectivity index (χ1v) is 24.0. The Kier molecular flexibility index (Phi) is 20.2. The number of esters is 3. The average Bonchev–Trinajstić information content (AvgIpc) is 3.25. The molecule has 3 N–H and O–H groups in total. The van der Waals surface area contributed by atoms with Crippen LogP contribution < -0.4 is 0 Å². The van der Waals surface area contributed by atoms with Gasteiger partial charge in [-0.15, -0.1) is 0 Å². The number of hydrogen-bond acceptors (Lipinski definition) is 17. The number of hydrogen-bond donors (Lipinski definition) is 3. The molecule has 0 bridgehead atoms. The molecule has 0 radical (unpaired) electrons. The zero-order chi connectivity index (χ0) is 50.2. The van der Waals surface area contributed by atoms with Crippen molar-refractivity contribution in [2.45, 2.75) is 206 Å². The zero-order valence-corrected chi connectivity index (χ0v) is 42.6. The van der Waals surface area contributed by atoms with E-state index in [1.807, 2.05) is 63.2 Å². The van der Waals surface area contributed by atoms with Gasteiger partial charge in [0.2, 0.25) is 0 Å². The van der Waals surface area contributed by atoms with Gasteiger partial charge in [-0.25, -0.2) is 0 Å². The van der Waals surface area contributed by atoms with Gasteiger partial charge >= 0.3 is 17.9 Å². The molecular formula is C50H82N2O15. The van der Waals surface area contributed by atoms with E-state index in [4.69, 9.17) is 42.7 Å². The van der Waals surface area contributed by atoms with Crippen LogP contribution in [0, 0.1) is 23.7 Å². The van der Waals surface area contributed by atoms with Crippen LogP contribution in [0.4, 0.5) is 0 Å². The van der Waals surface area contributed by atoms with E-state index in [9.17, 15) is 29.7 Å². The van der Waals surface area contributed by atoms with Gasteiger partial charge in [0.25, 0.3) is 0 Å². The van der Waals surface area contributed by atoms with Crippen LogP contribution in [0.5, 0.6) is 0 Å². The Balaban J connectivity index is 1.87. The molecular weight excluding hydrogens is 869 g/mol. The quantitative estimate of drug-likeness (QED) is 0.0927. The van der Waals surface area contributed by atoms with Crippen LogP contribution in [0.15, 0.2) is 35.5 Å². The summed E-state index contributed by atoms with van der Waals surface area (Å²) in [7, 11) is 5.26. The Bertz CT molecular complexity index is 1780. The van der Waals surface area contributed by atoms with Gasteiger partial charge in [-0.3, -0.25) is 14.4 Å². The van der Waals surface area contributed by atoms with E-state index in [2.05, 4.69) is 5.16 Å². The van der Waals surface area contributed by atoms with E-state index in [0.29, 0.717) is 18.6 Å². The lowest BCUT2D eigenvalue weighted by atomic mass is 9.73. The number of nitrogens with zero attached hydrogens (tertiary/aromatic N) is 2. The second kappa shape index (κ2) is 24.0. The van der Waals surface area contributed by atoms with Crippen molar-refractivity contribution in [1.82, 2.24) is 4.90 Å². The minimum absolute atomic E-state index is 0.0312. The van der Waals surface area contributed by atoms with E-state index in [-0.39, 0.29) is 38.0 Å². The summed E-state index contributed by atoms with van der Waals surface area (Å²) in [6.07, 6.45) is -7.99. The van der Waals surface area contributed by atoms with E-state index in [0.717, 1.165) is 12.0 Å². The van der Waals surface area contributed by atoms with Crippen molar-refractivity contribution in [2.75, 3.05) is 27.8 Å². The first-order chi connectivity index (χ1) is 31.3. The average molecular weight is 951 g/mol. The van der Waals surface area contributed by atoms with E-state index in [1.54, 1.807) is 48.5 Å². The number of cyclic esters (lactones) is 1. The van der Waals surface area contributed by atoms with Crippen LogP contribution in [-0.4, -0.2) is 156 Å². The smallest absolute Gasteiger partial charge is 0.311 e. The molecule has 0 unspecified atom stereocenters. The predicted molar refractivity (Wildman–Crippen MR) is 248 cm³/mol. The van der Waals surface area contributed by atoms with Gasteiger partial charge < -0.3 is 63.0 Å². The summed E-state index contributed by atoms with van der Waals surface area (Å²) >= 11 is 0. The molecule has 0 saturated carbocycles. The van der Waals surface area contributed by atoms with Crippen molar-refractivity contribution in [3.05, 3.63) is 35.9 Å². The first kappa shape index (κ1) is 56.3. The van der Waals surface area contributed by atoms with Crippen molar-refractivity contribution >= 4 is 23.6 Å². The van der Waals surface area contributed by atoms with Gasteiger partial charge in [0.05, 0.1) is 53.8 Å². The molecule has 382 valence electrons. The van der Waals surface area contributed by atoms with Gasteiger partial charge in [-0.2, -0.15) is 0 Å². The standard InChI is InChI=1S/C50H82N2O15/c1-16-38-50(12,58)43(55)30(4)40(51-60-24-20-23-36-21-18-17-19-22-36)28(2)26-48(10,57)44(67-47-42(63-34(8)53)37(52(13)14)25-29(3)61-47)31(5)41(32(6)46(56)65-38)66-39-27-49(11,59-15)45(33(7)62-39)64-35(9)54/h17-19,21-22,28-33,37-39,41-45,47,55,57-58H,16,20,23-27H2,1-15H3/b51-40-/t28-,29-,30-,31+,32-,33+,37+,38+,39+,41+,42-,43-,44-,45+,47+,48+,49-,50-/m1/s1. The number of rotatable bonds is 14. The molecule has 3 fully saturated rings. The summed E-state index contributed by atoms with van der Waals surface area (Å²) in [5, 5.41) is 41.9. The van der Waals surface area contributed by atoms with Gasteiger partial charge in [-0.1, -0.05) is 63.2 Å². The summed E-state index contributed by atoms with van der Waals surface area (Å²) in [5.41, 5.74) is -3.36. The SMILES string of the molecule is CC[C@@H]1OC(=O)[C@H](C)[C@@H](O[C@H]2C[C@@](C)(OC)[C@@H](OC(C)=O)[C@H](C)O2)[C@H](C)[C@@H](O[C@@H]2O[C@H](C)C[C@H](N(C)C)[C@H]2OC(C)=O)[C@@](C)(O)C[C@@H](C)/C(=N/OCCCc2ccccc2)[C@@H](C)[C@@H](O)[C@]1(C)O. The highest BCUT2D eigenvalue weighted by Gasteiger charge is 2.54. The van der Waals surface area contributed by atoms with Crippen molar-refractivity contribution in [1.29, 1.82) is 0 Å². The van der Waals surface area contributed by atoms with Gasteiger partial charge in [0.15, 0.2) is 24.8 Å². The molecule has 3 heterocycles. The number of aliphatic hydroxyl groups excluding tert-OH is 1. The molecule has 17 nitrogen and oxygen atoms in total. The molecule has 1 aromatic carbocycles. The Hall–Kier alpha value is -3.26. The molecule has 0 spiro atoms. The maximum atomic E-state index is 14.6. The zero-order valence-electron chi connectivity index (χ0n) is 42.6. The summed E-state index contributed by atoms with van der Waals surface area (Å²) in [6, 6.07) is 9.65. The van der Waals surface area contributed by atoms with E-state index < -0.39 is 114 Å². The number of carbonyl (C=O) groups excluding carboxylic acids is 3. The van der Waals surface area contributed by atoms with Gasteiger partial charge in [0.1, 0.15) is 23.9 Å². The third kappa shape index (κ3) is 14.2. The summed E-state index contributed by atoms with van der Waals surface area (Å²) in [5.74, 6) is -5.28. The molecule has 4 rings (SSSR count). The predicted octanol–water partition coefficient (Wildman–Crippen LogP) is 5.36. The van der Waals surface area contributed by atoms with Crippen LogP contribution in [0.25, 0.3) is 0 Å². The van der Waals surface area contributed by atoms with E-state index in [1.165, 1.54) is 27.9 Å². The molecule has 1 aromatic rings. The molecule has 3 aliphatic rings. The number of aryl methyl sites for hydroxylation is 1. The normalized spacial score (nSPS) is 41.0. The van der Waals surface area contributed by atoms with E-state index >= 15 is 0 Å². The minimum atomic E-state index is -1.98. The number of benzene rings is 1. The minimum Gasteiger partial charge on any atom is -0.459 e. The Morgan fingerprint density at radius 1 is 0.881 bits per heavy atom. The second-order valence-electron chi connectivity index (χ2n) is 20.2. The number of carbonyl (C=O) groups is 3. The molecule has 0 aromatic heterocycles. The van der Waals surface area contributed by atoms with Crippen LogP contribution in [0.1, 0.15) is 121 Å². The van der Waals surface area contributed by atoms with Crippen molar-refractivity contribution < 1.29 is 72.4 Å². The molecule has 3 saturated heterocycles. The third-order valence-electron chi connectivity index (χ3n) is 14.1. The Labute approximate surface area is 398 Å². The van der Waals surface area contributed by atoms with Crippen LogP contribution in [-0.2, 0) is 63.5 Å². The molecule has 3 aliphatic heterocycles. The number of likely N-dealkylation sites (N-methyl/N-ethyl adjacent to an activating group) is 1. The fourth-order valence-electron chi connectivity index (χ4n) is 10.4. The van der Waals surface area contributed by atoms with Gasteiger partial charge in [0, 0.05) is 45.1 Å². The fourth-order valence-corrected chi connectivity index (χ4v) is 10.4. The lowest BCUT2D eigenvalue weighted by Crippen LogP contribution is -2.62. The topological polar surface area (TPSA) is 211 Å². The monoisotopic (exact) mass is 951 g/mol. The Morgan fingerprint density at radius 3 is 2.10 bits per heavy atom. The second-order valence-corrected chi connectivity index (χ2v) is 20.2. The van der Waals surface area contributed by atoms with Crippen molar-refractivity contribution in [3.63, 3.8) is 0 Å². The summed E-state index contributed by atoms with van der Waals surface area (Å²) in [4.78, 5) is 47.4. The lowest BCUT2D eigenvalue weighted by Gasteiger charge is -2.49. The lowest BCUT2D eigenvalue weighted by molar-refractivity contribution is -0.319. The molecule has 17 heteroatoms. The number of aliphatic hydroxyl groups is 3. The highest BCUT2D eigenvalue weighted by molar-refractivity contribution is 5.88. The summed E-state index contributed by atoms with van der Waals surface area (Å²) < 4.78 is 50.4. The number of methoxy groups -OCH3 is 1. The van der Waals surface area contributed by atoms with Crippen molar-refractivity contribution in [2.24, 2.45) is 28.8 Å². The van der Waals surface area contributed by atoms with Crippen molar-refractivity contribution in [3.8, 4) is 0 Å². The maximum Gasteiger partial charge on any atom is 0.311 e. The highest BCUT2D eigenvalue weighted by Crippen LogP contribution is 2.42. The molecule has 0 amide bonds. The van der Waals surface area contributed by atoms with Crippen LogP contribution in [0.3, 0.4) is 0 Å². The fraction of sp³-hybridized carbons (Fsp3) is 0.800. The summed E-state index contributed by atoms with van der Waals surface area (Å²) in [6.45, 7) is 20.0. The Morgan fingerprint density at radius 2 is 1.52 bits per heavy atom. The molecule has 67 heavy (non-hydrogen) atoms. The largest absolute Gasteiger partial charge is 0.459 e. The van der Waals surface area contributed by atoms with Gasteiger partial charge in [-0.05, 0) is 93.3 Å². The van der Waals surface area contributed by atoms with Crippen LogP contribution in [0.2, 0.25) is 0 Å². The third-order valence-corrected chi connectivity index (χ3v) is 14.1. The number of oxime groups is 1. The number of ether oxygens (including phenoxy) is 8. The first-order valence-electron chi connectivity index (χ1n) is 24.0. The maximum absolute atomic E-state index is 14.6. The van der Waals surface area contributed by atoms with Crippen LogP contribution >= 0.6 is 0 Å². The molecule has 18 atom stereocenters. The highest BCUT2D eigenvalue weighted by atomic mass is 16.7. The molecule has 0 aliphatic carbocycles.